The van der Waals surface area contributed by atoms with Crippen LogP contribution in [-0.2, 0) is 14.8 Å². The summed E-state index contributed by atoms with van der Waals surface area (Å²) in [5.74, 6) is 0.156. The van der Waals surface area contributed by atoms with Gasteiger partial charge in [0.2, 0.25) is 0 Å². The lowest BCUT2D eigenvalue weighted by Crippen LogP contribution is -2.25. The van der Waals surface area contributed by atoms with Gasteiger partial charge in [-0.25, -0.2) is 12.4 Å². The van der Waals surface area contributed by atoms with E-state index in [1.807, 2.05) is 24.3 Å². The second-order valence-electron chi connectivity index (χ2n) is 7.60. The maximum absolute atomic E-state index is 13.5. The lowest BCUT2D eigenvalue weighted by atomic mass is 9.99. The molecular weight excluding hydrogens is 402 g/mol. The highest BCUT2D eigenvalue weighted by molar-refractivity contribution is 7.90. The van der Waals surface area contributed by atoms with Gasteiger partial charge >= 0.3 is 0 Å². The van der Waals surface area contributed by atoms with Crippen molar-refractivity contribution in [3.63, 3.8) is 0 Å². The summed E-state index contributed by atoms with van der Waals surface area (Å²) in [5.41, 5.74) is 3.09. The van der Waals surface area contributed by atoms with E-state index in [2.05, 4.69) is 23.3 Å². The van der Waals surface area contributed by atoms with Gasteiger partial charge in [0, 0.05) is 30.2 Å². The Labute approximate surface area is 174 Å². The Morgan fingerprint density at radius 1 is 1.13 bits per heavy atom. The van der Waals surface area contributed by atoms with Crippen molar-refractivity contribution in [2.24, 2.45) is 0 Å². The summed E-state index contributed by atoms with van der Waals surface area (Å²) >= 11 is 0. The fraction of sp³-hybridized carbons (Fsp3) is 0.227. The summed E-state index contributed by atoms with van der Waals surface area (Å²) in [6.07, 6.45) is 4.74. The van der Waals surface area contributed by atoms with Crippen LogP contribution in [0, 0.1) is 0 Å². The molecule has 154 valence electrons. The number of hydrogen-bond acceptors (Lipinski definition) is 5. The standard InChI is InChI=1S/C22H21N3O4S/c1-24-10-8-15(9-11-24)18-13-25(20-5-3-2-4-17(18)20)30(27,28)16-6-7-21-19(12-16)23-22(26)14-29-21/h2-8,12-13H,9-11,14H2,1H3,(H,23,26). The highest BCUT2D eigenvalue weighted by Gasteiger charge is 2.25. The normalized spacial score (nSPS) is 17.2. The topological polar surface area (TPSA) is 80.6 Å². The number of fused-ring (bicyclic) bond motifs is 2. The number of aromatic nitrogens is 1. The number of ether oxygens (including phenoxy) is 1. The Balaban J connectivity index is 1.64. The number of nitrogens with zero attached hydrogens (tertiary/aromatic N) is 2. The van der Waals surface area contributed by atoms with Crippen LogP contribution in [0.5, 0.6) is 5.75 Å². The Morgan fingerprint density at radius 2 is 1.97 bits per heavy atom. The van der Waals surface area contributed by atoms with Crippen molar-refractivity contribution < 1.29 is 17.9 Å². The molecule has 0 radical (unpaired) electrons. The van der Waals surface area contributed by atoms with Gasteiger partial charge in [0.15, 0.2) is 6.61 Å². The minimum atomic E-state index is -3.87. The molecule has 7 nitrogen and oxygen atoms in total. The molecule has 1 N–H and O–H groups in total. The number of carbonyl (C=O) groups excluding carboxylic acids is 1. The molecule has 0 saturated carbocycles. The Morgan fingerprint density at radius 3 is 2.77 bits per heavy atom. The van der Waals surface area contributed by atoms with Crippen LogP contribution in [0.3, 0.4) is 0 Å². The average Bonchev–Trinajstić information content (AvgIpc) is 3.14. The predicted octanol–water partition coefficient (Wildman–Crippen LogP) is 2.93. The summed E-state index contributed by atoms with van der Waals surface area (Å²) in [5, 5.41) is 3.58. The highest BCUT2D eigenvalue weighted by atomic mass is 32.2. The third kappa shape index (κ3) is 3.09. The fourth-order valence-corrected chi connectivity index (χ4v) is 5.35. The minimum absolute atomic E-state index is 0.0744. The highest BCUT2D eigenvalue weighted by Crippen LogP contribution is 2.35. The molecule has 2 aliphatic rings. The zero-order valence-electron chi connectivity index (χ0n) is 16.5. The minimum Gasteiger partial charge on any atom is -0.482 e. The first kappa shape index (κ1) is 18.9. The van der Waals surface area contributed by atoms with E-state index in [4.69, 9.17) is 4.74 Å². The van der Waals surface area contributed by atoms with Crippen molar-refractivity contribution >= 4 is 38.1 Å². The van der Waals surface area contributed by atoms with Gasteiger partial charge in [-0.1, -0.05) is 24.3 Å². The number of para-hydroxylation sites is 1. The van der Waals surface area contributed by atoms with Gasteiger partial charge in [-0.05, 0) is 43.3 Å². The summed E-state index contributed by atoms with van der Waals surface area (Å²) in [4.78, 5) is 14.0. The van der Waals surface area contributed by atoms with Crippen molar-refractivity contribution in [1.82, 2.24) is 8.87 Å². The molecule has 1 amide bonds. The lowest BCUT2D eigenvalue weighted by Gasteiger charge is -2.21. The molecule has 2 aromatic carbocycles. The van der Waals surface area contributed by atoms with E-state index < -0.39 is 10.0 Å². The molecule has 0 aliphatic carbocycles. The van der Waals surface area contributed by atoms with Gasteiger partial charge in [-0.15, -0.1) is 0 Å². The number of rotatable bonds is 3. The van der Waals surface area contributed by atoms with E-state index >= 15 is 0 Å². The molecule has 30 heavy (non-hydrogen) atoms. The zero-order chi connectivity index (χ0) is 20.9. The zero-order valence-corrected chi connectivity index (χ0v) is 17.3. The van der Waals surface area contributed by atoms with E-state index in [9.17, 15) is 13.2 Å². The maximum Gasteiger partial charge on any atom is 0.268 e. The number of hydrogen-bond donors (Lipinski definition) is 1. The van der Waals surface area contributed by atoms with Crippen LogP contribution in [0.15, 0.2) is 59.6 Å². The van der Waals surface area contributed by atoms with E-state index in [0.29, 0.717) is 17.0 Å². The third-order valence-corrected chi connectivity index (χ3v) is 7.25. The molecule has 0 saturated heterocycles. The van der Waals surface area contributed by atoms with Gasteiger partial charge in [0.05, 0.1) is 16.1 Å². The summed E-state index contributed by atoms with van der Waals surface area (Å²) in [6.45, 7) is 1.70. The van der Waals surface area contributed by atoms with Crippen molar-refractivity contribution in [3.05, 3.63) is 60.3 Å². The predicted molar refractivity (Wildman–Crippen MR) is 115 cm³/mol. The summed E-state index contributed by atoms with van der Waals surface area (Å²) < 4.78 is 33.8. The molecule has 0 bridgehead atoms. The summed E-state index contributed by atoms with van der Waals surface area (Å²) in [6, 6.07) is 12.1. The van der Waals surface area contributed by atoms with E-state index in [1.165, 1.54) is 16.1 Å². The molecule has 8 heteroatoms. The molecule has 0 atom stereocenters. The number of anilines is 1. The van der Waals surface area contributed by atoms with Gasteiger partial charge in [-0.2, -0.15) is 0 Å². The van der Waals surface area contributed by atoms with Crippen molar-refractivity contribution in [2.75, 3.05) is 32.1 Å². The van der Waals surface area contributed by atoms with E-state index in [0.717, 1.165) is 36.0 Å². The summed E-state index contributed by atoms with van der Waals surface area (Å²) in [7, 11) is -1.80. The number of carbonyl (C=O) groups is 1. The van der Waals surface area contributed by atoms with Crippen LogP contribution in [0.4, 0.5) is 5.69 Å². The monoisotopic (exact) mass is 423 g/mol. The SMILES string of the molecule is CN1CC=C(c2cn(S(=O)(=O)c3ccc4c(c3)NC(=O)CO4)c3ccccc23)CC1. The first-order valence-corrected chi connectivity index (χ1v) is 11.2. The average molecular weight is 423 g/mol. The maximum atomic E-state index is 13.5. The number of benzene rings is 2. The van der Waals surface area contributed by atoms with Gasteiger partial charge in [-0.3, -0.25) is 4.79 Å². The molecule has 3 aromatic rings. The van der Waals surface area contributed by atoms with Gasteiger partial charge in [0.25, 0.3) is 15.9 Å². The van der Waals surface area contributed by atoms with Crippen molar-refractivity contribution in [1.29, 1.82) is 0 Å². The Bertz CT molecular complexity index is 1310. The van der Waals surface area contributed by atoms with Crippen LogP contribution in [0.1, 0.15) is 12.0 Å². The van der Waals surface area contributed by atoms with E-state index in [1.54, 1.807) is 12.3 Å². The number of nitrogens with one attached hydrogen (secondary N) is 1. The third-order valence-electron chi connectivity index (χ3n) is 5.58. The molecule has 1 aromatic heterocycles. The first-order chi connectivity index (χ1) is 14.4. The molecule has 0 fully saturated rings. The number of amides is 1. The van der Waals surface area contributed by atoms with Crippen LogP contribution in [-0.4, -0.2) is 49.9 Å². The molecule has 5 rings (SSSR count). The van der Waals surface area contributed by atoms with Crippen LogP contribution >= 0.6 is 0 Å². The van der Waals surface area contributed by atoms with Crippen molar-refractivity contribution in [3.8, 4) is 5.75 Å². The molecule has 3 heterocycles. The van der Waals surface area contributed by atoms with Gasteiger partial charge in [0.1, 0.15) is 5.75 Å². The van der Waals surface area contributed by atoms with Gasteiger partial charge < -0.3 is 15.0 Å². The molecule has 0 unspecified atom stereocenters. The second-order valence-corrected chi connectivity index (χ2v) is 9.41. The quantitative estimate of drug-likeness (QED) is 0.701. The van der Waals surface area contributed by atoms with Crippen LogP contribution in [0.2, 0.25) is 0 Å². The smallest absolute Gasteiger partial charge is 0.268 e. The molecule has 2 aliphatic heterocycles. The largest absolute Gasteiger partial charge is 0.482 e. The Kier molecular flexibility index (Phi) is 4.41. The Hall–Kier alpha value is -3.10. The second kappa shape index (κ2) is 7.00. The fourth-order valence-electron chi connectivity index (χ4n) is 3.96. The number of likely N-dealkylation sites (N-methyl/N-ethyl adjacent to an activating group) is 1. The van der Waals surface area contributed by atoms with E-state index in [-0.39, 0.29) is 17.4 Å². The molecular formula is C22H21N3O4S. The lowest BCUT2D eigenvalue weighted by molar-refractivity contribution is -0.118. The van der Waals surface area contributed by atoms with Crippen LogP contribution in [0.25, 0.3) is 16.5 Å². The van der Waals surface area contributed by atoms with Crippen LogP contribution < -0.4 is 10.1 Å². The first-order valence-electron chi connectivity index (χ1n) is 9.74. The molecule has 0 spiro atoms. The van der Waals surface area contributed by atoms with Crippen molar-refractivity contribution in [2.45, 2.75) is 11.3 Å².